The normalized spacial score (nSPS) is 15.5. The van der Waals surface area contributed by atoms with Crippen molar-refractivity contribution in [2.45, 2.75) is 23.1 Å². The minimum Gasteiger partial charge on any atom is -0.497 e. The van der Waals surface area contributed by atoms with Crippen molar-refractivity contribution in [2.75, 3.05) is 19.5 Å². The molecule has 0 saturated carbocycles. The lowest BCUT2D eigenvalue weighted by Gasteiger charge is -2.25. The molecule has 3 aromatic rings. The van der Waals surface area contributed by atoms with Crippen LogP contribution < -0.4 is 10.1 Å². The smallest absolute Gasteiger partial charge is 0.238 e. The summed E-state index contributed by atoms with van der Waals surface area (Å²) in [6, 6.07) is 19.7. The van der Waals surface area contributed by atoms with Gasteiger partial charge in [0, 0.05) is 24.9 Å². The Kier molecular flexibility index (Phi) is 5.45. The van der Waals surface area contributed by atoms with Gasteiger partial charge in [0.1, 0.15) is 5.75 Å². The van der Waals surface area contributed by atoms with Gasteiger partial charge in [-0.15, -0.1) is 11.8 Å². The highest BCUT2D eigenvalue weighted by Crippen LogP contribution is 2.36. The Morgan fingerprint density at radius 3 is 2.69 bits per heavy atom. The molecule has 2 amide bonds. The molecule has 1 aliphatic rings. The van der Waals surface area contributed by atoms with Crippen LogP contribution in [0.1, 0.15) is 12.0 Å². The maximum absolute atomic E-state index is 12.7. The molecule has 0 saturated heterocycles. The highest BCUT2D eigenvalue weighted by Gasteiger charge is 2.29. The number of thioether (sulfide) groups is 1. The number of ether oxygens (including phenoxy) is 1. The number of hydrogen-bond donors (Lipinski definition) is 1. The lowest BCUT2D eigenvalue weighted by molar-refractivity contribution is -0.131. The molecule has 4 rings (SSSR count). The molecule has 148 valence electrons. The predicted octanol–water partition coefficient (Wildman–Crippen LogP) is 4.31. The molecule has 0 fully saturated rings. The van der Waals surface area contributed by atoms with Gasteiger partial charge in [-0.1, -0.05) is 30.3 Å². The minimum absolute atomic E-state index is 0.0492. The molecule has 0 unspecified atom stereocenters. The Hall–Kier alpha value is -2.99. The summed E-state index contributed by atoms with van der Waals surface area (Å²) in [7, 11) is 3.43. The molecule has 0 spiro atoms. The summed E-state index contributed by atoms with van der Waals surface area (Å²) in [4.78, 5) is 27.8. The number of nitrogens with one attached hydrogen (secondary N) is 1. The van der Waals surface area contributed by atoms with Gasteiger partial charge in [-0.05, 0) is 46.7 Å². The lowest BCUT2D eigenvalue weighted by atomic mass is 10.1. The van der Waals surface area contributed by atoms with Crippen molar-refractivity contribution in [3.05, 3.63) is 66.2 Å². The van der Waals surface area contributed by atoms with E-state index in [1.54, 1.807) is 19.1 Å². The Morgan fingerprint density at radius 2 is 1.86 bits per heavy atom. The highest BCUT2D eigenvalue weighted by molar-refractivity contribution is 8.01. The second-order valence-corrected chi connectivity index (χ2v) is 8.34. The summed E-state index contributed by atoms with van der Waals surface area (Å²) in [6.07, 6.45) is 0.173. The molecule has 3 aromatic carbocycles. The number of benzene rings is 3. The number of amides is 2. The maximum Gasteiger partial charge on any atom is 0.238 e. The van der Waals surface area contributed by atoms with Gasteiger partial charge < -0.3 is 15.0 Å². The fraction of sp³-hybridized carbons (Fsp3) is 0.217. The molecular weight excluding hydrogens is 384 g/mol. The average Bonchev–Trinajstić information content (AvgIpc) is 2.73. The van der Waals surface area contributed by atoms with Crippen LogP contribution in [-0.4, -0.2) is 36.1 Å². The molecule has 29 heavy (non-hydrogen) atoms. The maximum atomic E-state index is 12.7. The first-order valence-electron chi connectivity index (χ1n) is 9.40. The molecule has 5 nitrogen and oxygen atoms in total. The van der Waals surface area contributed by atoms with Crippen LogP contribution in [0, 0.1) is 0 Å². The molecule has 0 aromatic heterocycles. The van der Waals surface area contributed by atoms with E-state index in [-0.39, 0.29) is 18.2 Å². The molecule has 6 heteroatoms. The Bertz CT molecular complexity index is 1080. The van der Waals surface area contributed by atoms with E-state index >= 15 is 0 Å². The van der Waals surface area contributed by atoms with Crippen LogP contribution in [-0.2, 0) is 16.1 Å². The van der Waals surface area contributed by atoms with Crippen molar-refractivity contribution < 1.29 is 14.3 Å². The minimum atomic E-state index is -0.413. The van der Waals surface area contributed by atoms with Crippen LogP contribution in [0.15, 0.2) is 65.6 Å². The van der Waals surface area contributed by atoms with E-state index in [2.05, 4.69) is 11.4 Å². The highest BCUT2D eigenvalue weighted by atomic mass is 32.2. The Labute approximate surface area is 174 Å². The van der Waals surface area contributed by atoms with Crippen molar-refractivity contribution in [3.63, 3.8) is 0 Å². The molecule has 1 aliphatic heterocycles. The van der Waals surface area contributed by atoms with Gasteiger partial charge in [-0.25, -0.2) is 0 Å². The third kappa shape index (κ3) is 4.22. The summed E-state index contributed by atoms with van der Waals surface area (Å²) >= 11 is 1.45. The van der Waals surface area contributed by atoms with E-state index < -0.39 is 5.25 Å². The largest absolute Gasteiger partial charge is 0.497 e. The monoisotopic (exact) mass is 406 g/mol. The van der Waals surface area contributed by atoms with Gasteiger partial charge in [0.05, 0.1) is 18.0 Å². The van der Waals surface area contributed by atoms with Gasteiger partial charge in [0.2, 0.25) is 11.8 Å². The Morgan fingerprint density at radius 1 is 1.10 bits per heavy atom. The summed E-state index contributed by atoms with van der Waals surface area (Å²) in [5, 5.41) is 4.67. The number of methoxy groups -OCH3 is 1. The van der Waals surface area contributed by atoms with E-state index in [1.807, 2.05) is 54.6 Å². The first-order valence-corrected chi connectivity index (χ1v) is 10.3. The van der Waals surface area contributed by atoms with Crippen molar-refractivity contribution in [1.82, 2.24) is 4.90 Å². The van der Waals surface area contributed by atoms with Crippen LogP contribution in [0.3, 0.4) is 0 Å². The zero-order valence-electron chi connectivity index (χ0n) is 16.3. The van der Waals surface area contributed by atoms with Crippen LogP contribution in [0.25, 0.3) is 10.8 Å². The summed E-state index contributed by atoms with van der Waals surface area (Å²) in [5.74, 6) is 0.657. The van der Waals surface area contributed by atoms with Crippen LogP contribution in [0.5, 0.6) is 5.75 Å². The molecule has 1 atom stereocenters. The Balaban J connectivity index is 1.42. The van der Waals surface area contributed by atoms with Gasteiger partial charge in [-0.3, -0.25) is 9.59 Å². The topological polar surface area (TPSA) is 58.6 Å². The number of carbonyl (C=O) groups excluding carboxylic acids is 2. The SMILES string of the molecule is COc1ccc2cc(CN(C)C(=O)C[C@H]3Sc4ccccc4NC3=O)ccc2c1. The average molecular weight is 407 g/mol. The van der Waals surface area contributed by atoms with Crippen molar-refractivity contribution in [1.29, 1.82) is 0 Å². The van der Waals surface area contributed by atoms with E-state index in [0.29, 0.717) is 6.54 Å². The second kappa shape index (κ2) is 8.17. The zero-order chi connectivity index (χ0) is 20.4. The molecule has 0 radical (unpaired) electrons. The zero-order valence-corrected chi connectivity index (χ0v) is 17.2. The van der Waals surface area contributed by atoms with E-state index in [9.17, 15) is 9.59 Å². The van der Waals surface area contributed by atoms with Gasteiger partial charge >= 0.3 is 0 Å². The van der Waals surface area contributed by atoms with E-state index in [0.717, 1.165) is 32.7 Å². The van der Waals surface area contributed by atoms with Crippen LogP contribution >= 0.6 is 11.8 Å². The number of hydrogen-bond acceptors (Lipinski definition) is 4. The third-order valence-electron chi connectivity index (χ3n) is 5.02. The fourth-order valence-electron chi connectivity index (χ4n) is 3.40. The number of rotatable bonds is 5. The predicted molar refractivity (Wildman–Crippen MR) is 116 cm³/mol. The first-order chi connectivity index (χ1) is 14.0. The molecule has 1 heterocycles. The first kappa shape index (κ1) is 19.3. The molecule has 0 aliphatic carbocycles. The third-order valence-corrected chi connectivity index (χ3v) is 6.30. The standard InChI is InChI=1S/C23H22N2O3S/c1-25(14-15-7-8-17-12-18(28-2)10-9-16(17)11-15)22(26)13-21-23(27)24-19-5-3-4-6-20(19)29-21/h3-12,21H,13-14H2,1-2H3,(H,24,27)/t21-/m1/s1. The van der Waals surface area contributed by atoms with Crippen LogP contribution in [0.4, 0.5) is 5.69 Å². The lowest BCUT2D eigenvalue weighted by Crippen LogP contribution is -2.35. The quantitative estimate of drug-likeness (QED) is 0.686. The van der Waals surface area contributed by atoms with Gasteiger partial charge in [0.15, 0.2) is 0 Å². The van der Waals surface area contributed by atoms with E-state index in [1.165, 1.54) is 11.8 Å². The van der Waals surface area contributed by atoms with Crippen molar-refractivity contribution >= 4 is 40.0 Å². The summed E-state index contributed by atoms with van der Waals surface area (Å²) in [6.45, 7) is 0.496. The summed E-state index contributed by atoms with van der Waals surface area (Å²) < 4.78 is 5.26. The molecule has 0 bridgehead atoms. The van der Waals surface area contributed by atoms with Crippen LogP contribution in [0.2, 0.25) is 0 Å². The van der Waals surface area contributed by atoms with E-state index in [4.69, 9.17) is 4.74 Å². The number of nitrogens with zero attached hydrogens (tertiary/aromatic N) is 1. The number of anilines is 1. The van der Waals surface area contributed by atoms with Gasteiger partial charge in [-0.2, -0.15) is 0 Å². The molecular formula is C23H22N2O3S. The van der Waals surface area contributed by atoms with Gasteiger partial charge in [0.25, 0.3) is 0 Å². The van der Waals surface area contributed by atoms with Crippen molar-refractivity contribution in [3.8, 4) is 5.75 Å². The molecule has 1 N–H and O–H groups in total. The number of para-hydroxylation sites is 1. The second-order valence-electron chi connectivity index (χ2n) is 7.09. The van der Waals surface area contributed by atoms with Crippen molar-refractivity contribution in [2.24, 2.45) is 0 Å². The number of carbonyl (C=O) groups is 2. The number of fused-ring (bicyclic) bond motifs is 2. The summed E-state index contributed by atoms with van der Waals surface area (Å²) in [5.41, 5.74) is 1.86. The fourth-order valence-corrected chi connectivity index (χ4v) is 4.50.